The summed E-state index contributed by atoms with van der Waals surface area (Å²) in [6.07, 6.45) is 6.87. The summed E-state index contributed by atoms with van der Waals surface area (Å²) in [6.45, 7) is 5.87. The maximum atomic E-state index is 13.8. The molecule has 1 unspecified atom stereocenters. The molecule has 0 saturated carbocycles. The number of aromatic nitrogens is 1. The summed E-state index contributed by atoms with van der Waals surface area (Å²) in [5.41, 5.74) is 3.98. The molecule has 1 atom stereocenters. The highest BCUT2D eigenvalue weighted by Gasteiger charge is 2.47. The summed E-state index contributed by atoms with van der Waals surface area (Å²) in [5.74, 6) is 0.105. The van der Waals surface area contributed by atoms with Gasteiger partial charge >= 0.3 is 0 Å². The van der Waals surface area contributed by atoms with Crippen LogP contribution < -0.4 is 20.4 Å². The van der Waals surface area contributed by atoms with E-state index in [9.17, 15) is 13.2 Å². The molecule has 11 heteroatoms. The topological polar surface area (TPSA) is 104 Å². The van der Waals surface area contributed by atoms with Gasteiger partial charge in [-0.25, -0.2) is 13.8 Å². The van der Waals surface area contributed by atoms with Gasteiger partial charge in [-0.05, 0) is 57.0 Å². The monoisotopic (exact) mass is 575 g/mol. The van der Waals surface area contributed by atoms with Crippen LogP contribution in [0.5, 0.6) is 5.75 Å². The van der Waals surface area contributed by atoms with Crippen molar-refractivity contribution in [3.8, 4) is 5.75 Å². The molecule has 192 valence electrons. The van der Waals surface area contributed by atoms with Crippen LogP contribution in [0.25, 0.3) is 6.08 Å². The molecule has 9 nitrogen and oxygen atoms in total. The number of nitrogens with one attached hydrogen (secondary N) is 2. The minimum atomic E-state index is -4.05. The van der Waals surface area contributed by atoms with Crippen molar-refractivity contribution in [3.63, 3.8) is 0 Å². The number of rotatable bonds is 5. The lowest BCUT2D eigenvalue weighted by molar-refractivity contribution is -0.137. The number of halogens is 1. The lowest BCUT2D eigenvalue weighted by Gasteiger charge is -2.40. The first kappa shape index (κ1) is 25.2. The Hall–Kier alpha value is -2.47. The predicted octanol–water partition coefficient (Wildman–Crippen LogP) is 2.70. The molecule has 3 aliphatic heterocycles. The molecule has 2 N–H and O–H groups in total. The maximum Gasteiger partial charge on any atom is 0.269 e. The summed E-state index contributed by atoms with van der Waals surface area (Å²) < 4.78 is 34.5. The summed E-state index contributed by atoms with van der Waals surface area (Å²) in [5, 5.41) is 3.04. The second-order valence-corrected chi connectivity index (χ2v) is 12.7. The molecular weight excluding hydrogens is 546 g/mol. The largest absolute Gasteiger partial charge is 0.482 e. The lowest BCUT2D eigenvalue weighted by atomic mass is 10.0. The molecule has 0 aliphatic carbocycles. The number of hydrogen-bond acceptors (Lipinski definition) is 8. The minimum Gasteiger partial charge on any atom is -0.482 e. The van der Waals surface area contributed by atoms with Crippen LogP contribution in [0.15, 0.2) is 52.1 Å². The maximum absolute atomic E-state index is 13.8. The number of piperidine rings is 1. The van der Waals surface area contributed by atoms with Crippen LogP contribution in [0.3, 0.4) is 0 Å². The zero-order chi connectivity index (χ0) is 25.5. The van der Waals surface area contributed by atoms with E-state index in [1.165, 1.54) is 5.01 Å². The number of amides is 1. The Morgan fingerprint density at radius 1 is 1.14 bits per heavy atom. The van der Waals surface area contributed by atoms with Crippen LogP contribution in [-0.4, -0.2) is 67.5 Å². The Labute approximate surface area is 219 Å². The average Bonchev–Trinajstić information content (AvgIpc) is 2.85. The number of anilines is 1. The zero-order valence-electron chi connectivity index (χ0n) is 20.3. The van der Waals surface area contributed by atoms with E-state index in [1.807, 2.05) is 24.3 Å². The Kier molecular flexibility index (Phi) is 6.84. The van der Waals surface area contributed by atoms with Gasteiger partial charge in [0.1, 0.15) is 11.4 Å². The molecule has 1 aromatic carbocycles. The zero-order valence-corrected chi connectivity index (χ0v) is 22.7. The molecule has 2 saturated heterocycles. The number of carbonyl (C=O) groups excluding carboxylic acids is 1. The predicted molar refractivity (Wildman–Crippen MR) is 142 cm³/mol. The first-order valence-corrected chi connectivity index (χ1v) is 14.4. The molecule has 0 spiro atoms. The number of hydrazine groups is 1. The lowest BCUT2D eigenvalue weighted by Crippen LogP contribution is -2.64. The molecule has 1 aromatic heterocycles. The number of carbonyl (C=O) groups is 1. The van der Waals surface area contributed by atoms with Crippen LogP contribution in [0, 0.1) is 0 Å². The van der Waals surface area contributed by atoms with Crippen molar-refractivity contribution in [2.24, 2.45) is 0 Å². The van der Waals surface area contributed by atoms with E-state index in [1.54, 1.807) is 38.4 Å². The first-order valence-electron chi connectivity index (χ1n) is 12.1. The van der Waals surface area contributed by atoms with Gasteiger partial charge in [-0.2, -0.15) is 0 Å². The van der Waals surface area contributed by atoms with Gasteiger partial charge in [-0.15, -0.1) is 0 Å². The summed E-state index contributed by atoms with van der Waals surface area (Å²) >= 11 is 3.42. The second-order valence-electron chi connectivity index (χ2n) is 9.77. The minimum absolute atomic E-state index is 0.0863. The van der Waals surface area contributed by atoms with E-state index in [0.29, 0.717) is 24.4 Å². The van der Waals surface area contributed by atoms with Crippen molar-refractivity contribution in [2.45, 2.75) is 43.7 Å². The molecule has 0 radical (unpaired) electrons. The van der Waals surface area contributed by atoms with E-state index in [0.717, 1.165) is 36.1 Å². The molecular formula is C25H30BrN5O4S. The fraction of sp³-hybridized carbons (Fsp3) is 0.440. The number of hydrogen-bond donors (Lipinski definition) is 2. The van der Waals surface area contributed by atoms with Gasteiger partial charge in [0.2, 0.25) is 9.84 Å². The normalized spacial score (nSPS) is 22.6. The Morgan fingerprint density at radius 2 is 1.86 bits per heavy atom. The molecule has 0 bridgehead atoms. The second kappa shape index (κ2) is 9.77. The highest BCUT2D eigenvalue weighted by atomic mass is 79.9. The number of ether oxygens (including phenoxy) is 1. The molecule has 4 heterocycles. The van der Waals surface area contributed by atoms with Crippen molar-refractivity contribution >= 4 is 43.4 Å². The van der Waals surface area contributed by atoms with Crippen LogP contribution in [0.1, 0.15) is 32.3 Å². The van der Waals surface area contributed by atoms with Crippen LogP contribution >= 0.6 is 15.9 Å². The standard InChI is InChI=1S/C25H30BrN5O4S/c1-25(2)22(15-17-3-4-18(26)16-21(17)35-25)36(33,34)23-24(32)31(14-11-28-23)29-19-7-12-30(13-8-19)20-5-9-27-10-6-20/h3-6,9-10,15-16,19,23,28-29H,7-8,11-14H2,1-2H3. The first-order chi connectivity index (χ1) is 17.1. The van der Waals surface area contributed by atoms with Crippen molar-refractivity contribution < 1.29 is 17.9 Å². The summed E-state index contributed by atoms with van der Waals surface area (Å²) in [6, 6.07) is 9.51. The Bertz CT molecular complexity index is 1280. The average molecular weight is 577 g/mol. The van der Waals surface area contributed by atoms with E-state index >= 15 is 0 Å². The van der Waals surface area contributed by atoms with Crippen molar-refractivity contribution in [1.29, 1.82) is 0 Å². The van der Waals surface area contributed by atoms with E-state index in [-0.39, 0.29) is 10.9 Å². The van der Waals surface area contributed by atoms with E-state index < -0.39 is 26.7 Å². The number of sulfone groups is 1. The number of pyridine rings is 1. The molecule has 5 rings (SSSR count). The SMILES string of the molecule is CC1(C)Oc2cc(Br)ccc2C=C1S(=O)(=O)C1NCCN(NC2CCN(c3ccncc3)CC2)C1=O. The fourth-order valence-corrected chi connectivity index (χ4v) is 7.31. The number of fused-ring (bicyclic) bond motifs is 1. The van der Waals surface area contributed by atoms with Crippen molar-refractivity contribution in [1.82, 2.24) is 20.7 Å². The van der Waals surface area contributed by atoms with Gasteiger partial charge in [0.05, 0.1) is 4.91 Å². The van der Waals surface area contributed by atoms with Gasteiger partial charge in [0.25, 0.3) is 5.91 Å². The summed E-state index contributed by atoms with van der Waals surface area (Å²) in [4.78, 5) is 19.9. The van der Waals surface area contributed by atoms with Crippen LogP contribution in [-0.2, 0) is 14.6 Å². The Morgan fingerprint density at radius 3 is 2.58 bits per heavy atom. The van der Waals surface area contributed by atoms with Crippen LogP contribution in [0.2, 0.25) is 0 Å². The van der Waals surface area contributed by atoms with E-state index in [4.69, 9.17) is 4.74 Å². The highest BCUT2D eigenvalue weighted by Crippen LogP contribution is 2.40. The van der Waals surface area contributed by atoms with Gasteiger partial charge in [-0.3, -0.25) is 20.1 Å². The third-order valence-electron chi connectivity index (χ3n) is 6.85. The summed E-state index contributed by atoms with van der Waals surface area (Å²) in [7, 11) is -4.05. The third-order valence-corrected chi connectivity index (χ3v) is 9.56. The third kappa shape index (κ3) is 4.89. The molecule has 36 heavy (non-hydrogen) atoms. The molecule has 2 aromatic rings. The number of nitrogens with zero attached hydrogens (tertiary/aromatic N) is 3. The molecule has 1 amide bonds. The van der Waals surface area contributed by atoms with Gasteiger partial charge in [0.15, 0.2) is 5.37 Å². The van der Waals surface area contributed by atoms with Gasteiger partial charge in [0, 0.05) is 60.3 Å². The van der Waals surface area contributed by atoms with Gasteiger partial charge in [-0.1, -0.05) is 22.0 Å². The Balaban J connectivity index is 1.30. The quantitative estimate of drug-likeness (QED) is 0.561. The molecule has 2 fully saturated rings. The van der Waals surface area contributed by atoms with Gasteiger partial charge < -0.3 is 9.64 Å². The number of benzene rings is 1. The fourth-order valence-electron chi connectivity index (χ4n) is 4.97. The van der Waals surface area contributed by atoms with Crippen molar-refractivity contribution in [3.05, 3.63) is 57.7 Å². The highest BCUT2D eigenvalue weighted by molar-refractivity contribution is 9.10. The molecule has 3 aliphatic rings. The smallest absolute Gasteiger partial charge is 0.269 e. The van der Waals surface area contributed by atoms with Crippen LogP contribution in [0.4, 0.5) is 5.69 Å². The number of piperazine rings is 1. The van der Waals surface area contributed by atoms with Crippen molar-refractivity contribution in [2.75, 3.05) is 31.1 Å². The van der Waals surface area contributed by atoms with E-state index in [2.05, 4.69) is 36.6 Å².